The van der Waals surface area contributed by atoms with Crippen LogP contribution in [0.5, 0.6) is 0 Å². The molecule has 2 nitrogen and oxygen atoms in total. The minimum absolute atomic E-state index is 0.365. The second-order valence-electron chi connectivity index (χ2n) is 8.11. The van der Waals surface area contributed by atoms with Crippen molar-refractivity contribution in [3.63, 3.8) is 0 Å². The van der Waals surface area contributed by atoms with Gasteiger partial charge in [0.05, 0.1) is 0 Å². The quantitative estimate of drug-likeness (QED) is 0.174. The highest BCUT2D eigenvalue weighted by Gasteiger charge is 2.10. The summed E-state index contributed by atoms with van der Waals surface area (Å²) in [6.07, 6.45) is 23.7. The third kappa shape index (κ3) is 16.7. The monoisotopic (exact) mass is 366 g/mol. The Morgan fingerprint density at radius 1 is 0.731 bits per heavy atom. The van der Waals surface area contributed by atoms with Crippen molar-refractivity contribution < 1.29 is 9.90 Å². The predicted octanol–water partition coefficient (Wildman–Crippen LogP) is 8.31. The first-order valence-electron chi connectivity index (χ1n) is 11.5. The molecule has 26 heavy (non-hydrogen) atoms. The van der Waals surface area contributed by atoms with Crippen molar-refractivity contribution in [3.05, 3.63) is 12.2 Å². The van der Waals surface area contributed by atoms with Crippen molar-refractivity contribution in [1.82, 2.24) is 0 Å². The Bertz CT molecular complexity index is 335. The Morgan fingerprint density at radius 2 is 1.15 bits per heavy atom. The fourth-order valence-electron chi connectivity index (χ4n) is 3.67. The third-order valence-electron chi connectivity index (χ3n) is 5.70. The Kier molecular flexibility index (Phi) is 18.4. The molecule has 154 valence electrons. The second kappa shape index (κ2) is 19.0. The number of rotatable bonds is 20. The lowest BCUT2D eigenvalue weighted by atomic mass is 9.92. The molecule has 0 aromatic rings. The van der Waals surface area contributed by atoms with Crippen LogP contribution < -0.4 is 0 Å². The van der Waals surface area contributed by atoms with E-state index in [1.54, 1.807) is 0 Å². The topological polar surface area (TPSA) is 37.3 Å². The minimum Gasteiger partial charge on any atom is -0.478 e. The summed E-state index contributed by atoms with van der Waals surface area (Å²) in [7, 11) is 0. The van der Waals surface area contributed by atoms with Gasteiger partial charge in [0.25, 0.3) is 0 Å². The van der Waals surface area contributed by atoms with E-state index in [1.165, 1.54) is 96.3 Å². The maximum absolute atomic E-state index is 10.8. The molecule has 0 bridgehead atoms. The van der Waals surface area contributed by atoms with Gasteiger partial charge >= 0.3 is 5.97 Å². The van der Waals surface area contributed by atoms with Gasteiger partial charge < -0.3 is 5.11 Å². The van der Waals surface area contributed by atoms with Crippen LogP contribution in [-0.4, -0.2) is 11.1 Å². The molecular formula is C24H46O2. The molecule has 0 fully saturated rings. The zero-order valence-electron chi connectivity index (χ0n) is 17.9. The van der Waals surface area contributed by atoms with E-state index in [-0.39, 0.29) is 0 Å². The van der Waals surface area contributed by atoms with E-state index in [0.717, 1.165) is 12.8 Å². The second-order valence-corrected chi connectivity index (χ2v) is 8.11. The molecule has 0 aliphatic heterocycles. The Morgan fingerprint density at radius 3 is 1.54 bits per heavy atom. The number of aliphatic carboxylic acids is 1. The normalized spacial score (nSPS) is 12.2. The van der Waals surface area contributed by atoms with Gasteiger partial charge in [-0.3, -0.25) is 0 Å². The van der Waals surface area contributed by atoms with Crippen molar-refractivity contribution in [1.29, 1.82) is 0 Å². The number of carboxylic acids is 1. The molecule has 0 radical (unpaired) electrons. The van der Waals surface area contributed by atoms with Crippen LogP contribution >= 0.6 is 0 Å². The molecule has 0 saturated carbocycles. The molecular weight excluding hydrogens is 320 g/mol. The lowest BCUT2D eigenvalue weighted by Crippen LogP contribution is -2.04. The first-order valence-corrected chi connectivity index (χ1v) is 11.5. The van der Waals surface area contributed by atoms with Gasteiger partial charge in [-0.05, 0) is 18.8 Å². The standard InChI is InChI=1S/C24H46O2/c1-4-6-7-8-9-10-11-12-13-14-15-16-17-18-19-23(5-2)21-20-22(3)24(25)26/h23H,3-21H2,1-2H3,(H,25,26). The van der Waals surface area contributed by atoms with Crippen molar-refractivity contribution in [2.45, 2.75) is 129 Å². The molecule has 0 aromatic carbocycles. The molecule has 1 N–H and O–H groups in total. The SMILES string of the molecule is C=C(CCC(CC)CCCCCCCCCCCCCCCC)C(=O)O. The van der Waals surface area contributed by atoms with Crippen molar-refractivity contribution in [2.24, 2.45) is 5.92 Å². The zero-order chi connectivity index (χ0) is 19.5. The number of carbonyl (C=O) groups is 1. The maximum atomic E-state index is 10.8. The van der Waals surface area contributed by atoms with Crippen LogP contribution in [0, 0.1) is 5.92 Å². The Hall–Kier alpha value is -0.790. The molecule has 0 aliphatic carbocycles. The summed E-state index contributed by atoms with van der Waals surface area (Å²) >= 11 is 0. The fraction of sp³-hybridized carbons (Fsp3) is 0.875. The Balaban J connectivity index is 3.33. The van der Waals surface area contributed by atoms with E-state index in [2.05, 4.69) is 20.4 Å². The van der Waals surface area contributed by atoms with Crippen molar-refractivity contribution in [3.8, 4) is 0 Å². The summed E-state index contributed by atoms with van der Waals surface area (Å²) in [6, 6.07) is 0. The average molecular weight is 367 g/mol. The van der Waals surface area contributed by atoms with Crippen LogP contribution in [0.4, 0.5) is 0 Å². The maximum Gasteiger partial charge on any atom is 0.330 e. The van der Waals surface area contributed by atoms with Crippen LogP contribution in [0.15, 0.2) is 12.2 Å². The highest BCUT2D eigenvalue weighted by atomic mass is 16.4. The van der Waals surface area contributed by atoms with Gasteiger partial charge in [-0.15, -0.1) is 0 Å². The van der Waals surface area contributed by atoms with E-state index in [4.69, 9.17) is 5.11 Å². The summed E-state index contributed by atoms with van der Waals surface area (Å²) in [5.74, 6) is -0.167. The summed E-state index contributed by atoms with van der Waals surface area (Å²) < 4.78 is 0. The summed E-state index contributed by atoms with van der Waals surface area (Å²) in [5.41, 5.74) is 0.365. The third-order valence-corrected chi connectivity index (χ3v) is 5.70. The van der Waals surface area contributed by atoms with Crippen LogP contribution in [0.1, 0.15) is 129 Å². The van der Waals surface area contributed by atoms with Crippen LogP contribution in [-0.2, 0) is 4.79 Å². The zero-order valence-corrected chi connectivity index (χ0v) is 17.9. The number of hydrogen-bond donors (Lipinski definition) is 1. The minimum atomic E-state index is -0.837. The molecule has 0 rings (SSSR count). The molecule has 0 spiro atoms. The first-order chi connectivity index (χ1) is 12.6. The van der Waals surface area contributed by atoms with Gasteiger partial charge in [0.15, 0.2) is 0 Å². The van der Waals surface area contributed by atoms with Crippen LogP contribution in [0.25, 0.3) is 0 Å². The number of hydrogen-bond acceptors (Lipinski definition) is 1. The average Bonchev–Trinajstić information content (AvgIpc) is 2.64. The predicted molar refractivity (Wildman–Crippen MR) is 115 cm³/mol. The van der Waals surface area contributed by atoms with Gasteiger partial charge in [0.2, 0.25) is 0 Å². The molecule has 1 atom stereocenters. The van der Waals surface area contributed by atoms with Crippen LogP contribution in [0.2, 0.25) is 0 Å². The van der Waals surface area contributed by atoms with Crippen LogP contribution in [0.3, 0.4) is 0 Å². The molecule has 0 heterocycles. The Labute approximate surface area is 163 Å². The van der Waals surface area contributed by atoms with E-state index >= 15 is 0 Å². The van der Waals surface area contributed by atoms with Gasteiger partial charge in [-0.25, -0.2) is 4.79 Å². The highest BCUT2D eigenvalue weighted by molar-refractivity contribution is 5.85. The van der Waals surface area contributed by atoms with Gasteiger partial charge in [0.1, 0.15) is 0 Å². The van der Waals surface area contributed by atoms with E-state index in [0.29, 0.717) is 17.9 Å². The lowest BCUT2D eigenvalue weighted by molar-refractivity contribution is -0.132. The number of unbranched alkanes of at least 4 members (excludes halogenated alkanes) is 13. The van der Waals surface area contributed by atoms with E-state index in [1.807, 2.05) is 0 Å². The molecule has 2 heteroatoms. The highest BCUT2D eigenvalue weighted by Crippen LogP contribution is 2.22. The molecule has 0 saturated heterocycles. The van der Waals surface area contributed by atoms with Gasteiger partial charge in [0, 0.05) is 5.57 Å². The van der Waals surface area contributed by atoms with Crippen molar-refractivity contribution in [2.75, 3.05) is 0 Å². The van der Waals surface area contributed by atoms with Gasteiger partial charge in [-0.1, -0.05) is 123 Å². The van der Waals surface area contributed by atoms with Crippen molar-refractivity contribution >= 4 is 5.97 Å². The van der Waals surface area contributed by atoms with E-state index < -0.39 is 5.97 Å². The number of carboxylic acid groups (broad SMARTS) is 1. The summed E-state index contributed by atoms with van der Waals surface area (Å²) in [4.78, 5) is 10.8. The summed E-state index contributed by atoms with van der Waals surface area (Å²) in [5, 5.41) is 8.88. The smallest absolute Gasteiger partial charge is 0.330 e. The van der Waals surface area contributed by atoms with Gasteiger partial charge in [-0.2, -0.15) is 0 Å². The lowest BCUT2D eigenvalue weighted by Gasteiger charge is -2.14. The molecule has 0 aromatic heterocycles. The molecule has 0 aliphatic rings. The van der Waals surface area contributed by atoms with E-state index in [9.17, 15) is 4.79 Å². The molecule has 1 unspecified atom stereocenters. The summed E-state index contributed by atoms with van der Waals surface area (Å²) in [6.45, 7) is 8.13. The fourth-order valence-corrected chi connectivity index (χ4v) is 3.67. The first kappa shape index (κ1) is 25.2. The molecule has 0 amide bonds. The largest absolute Gasteiger partial charge is 0.478 e.